The Morgan fingerprint density at radius 3 is 2.33 bits per heavy atom. The second-order valence-electron chi connectivity index (χ2n) is 6.59. The summed E-state index contributed by atoms with van der Waals surface area (Å²) >= 11 is 0. The van der Waals surface area contributed by atoms with Crippen LogP contribution in [0.3, 0.4) is 0 Å². The molecule has 2 amide bonds. The van der Waals surface area contributed by atoms with E-state index in [1.807, 2.05) is 69.3 Å². The lowest BCUT2D eigenvalue weighted by Crippen LogP contribution is -2.49. The summed E-state index contributed by atoms with van der Waals surface area (Å²) in [5.74, 6) is 0.252. The van der Waals surface area contributed by atoms with Crippen LogP contribution in [-0.4, -0.2) is 36.4 Å². The van der Waals surface area contributed by atoms with Gasteiger partial charge in [-0.15, -0.1) is 0 Å². The van der Waals surface area contributed by atoms with Gasteiger partial charge in [0.1, 0.15) is 11.8 Å². The monoisotopic (exact) mass is 368 g/mol. The van der Waals surface area contributed by atoms with E-state index in [1.54, 1.807) is 11.9 Å². The van der Waals surface area contributed by atoms with E-state index in [2.05, 4.69) is 5.32 Å². The van der Waals surface area contributed by atoms with E-state index in [-0.39, 0.29) is 18.4 Å². The molecule has 144 valence electrons. The van der Waals surface area contributed by atoms with Crippen LogP contribution in [0, 0.1) is 13.8 Å². The van der Waals surface area contributed by atoms with Crippen LogP contribution in [0.5, 0.6) is 5.75 Å². The molecule has 0 aliphatic rings. The first-order valence-electron chi connectivity index (χ1n) is 9.21. The molecule has 1 N–H and O–H groups in total. The maximum Gasteiger partial charge on any atom is 0.261 e. The molecule has 0 radical (unpaired) electrons. The summed E-state index contributed by atoms with van der Waals surface area (Å²) in [6.07, 6.45) is 0.530. The summed E-state index contributed by atoms with van der Waals surface area (Å²) < 4.78 is 5.66. The number of nitrogens with one attached hydrogen (secondary N) is 1. The first-order valence-corrected chi connectivity index (χ1v) is 9.21. The molecule has 0 aliphatic heterocycles. The maximum absolute atomic E-state index is 12.9. The molecule has 0 aromatic heterocycles. The van der Waals surface area contributed by atoms with Crippen molar-refractivity contribution in [3.8, 4) is 5.75 Å². The van der Waals surface area contributed by atoms with Gasteiger partial charge in [-0.1, -0.05) is 48.9 Å². The minimum absolute atomic E-state index is 0.109. The molecule has 0 saturated carbocycles. The van der Waals surface area contributed by atoms with E-state index in [1.165, 1.54) is 0 Å². The van der Waals surface area contributed by atoms with E-state index in [0.29, 0.717) is 18.7 Å². The van der Waals surface area contributed by atoms with Crippen molar-refractivity contribution in [2.24, 2.45) is 0 Å². The minimum Gasteiger partial charge on any atom is -0.484 e. The summed E-state index contributed by atoms with van der Waals surface area (Å²) in [5.41, 5.74) is 3.23. The Morgan fingerprint density at radius 2 is 1.74 bits per heavy atom. The van der Waals surface area contributed by atoms with Gasteiger partial charge in [0, 0.05) is 13.6 Å². The van der Waals surface area contributed by atoms with Crippen LogP contribution in [0.25, 0.3) is 0 Å². The van der Waals surface area contributed by atoms with Crippen molar-refractivity contribution >= 4 is 11.8 Å². The van der Waals surface area contributed by atoms with Gasteiger partial charge >= 0.3 is 0 Å². The van der Waals surface area contributed by atoms with Gasteiger partial charge in [-0.25, -0.2) is 0 Å². The van der Waals surface area contributed by atoms with Gasteiger partial charge in [0.15, 0.2) is 6.61 Å². The zero-order valence-electron chi connectivity index (χ0n) is 16.5. The Hall–Kier alpha value is -2.82. The first kappa shape index (κ1) is 20.5. The van der Waals surface area contributed by atoms with Crippen LogP contribution >= 0.6 is 0 Å². The van der Waals surface area contributed by atoms with Crippen LogP contribution in [0.2, 0.25) is 0 Å². The van der Waals surface area contributed by atoms with Gasteiger partial charge in [-0.05, 0) is 43.5 Å². The Morgan fingerprint density at radius 1 is 1.07 bits per heavy atom. The van der Waals surface area contributed by atoms with E-state index < -0.39 is 6.04 Å². The fraction of sp³-hybridized carbons (Fsp3) is 0.364. The highest BCUT2D eigenvalue weighted by Crippen LogP contribution is 2.17. The fourth-order valence-electron chi connectivity index (χ4n) is 2.92. The average Bonchev–Trinajstić information content (AvgIpc) is 2.68. The third-order valence-electron chi connectivity index (χ3n) is 4.62. The molecular weight excluding hydrogens is 340 g/mol. The smallest absolute Gasteiger partial charge is 0.261 e. The lowest BCUT2D eigenvalue weighted by molar-refractivity contribution is -0.142. The number of carbonyl (C=O) groups excluding carboxylic acids is 2. The number of ether oxygens (including phenoxy) is 1. The summed E-state index contributed by atoms with van der Waals surface area (Å²) in [7, 11) is 1.59. The molecule has 0 saturated heterocycles. The quantitative estimate of drug-likeness (QED) is 0.778. The van der Waals surface area contributed by atoms with Gasteiger partial charge in [-0.3, -0.25) is 9.59 Å². The van der Waals surface area contributed by atoms with Crippen molar-refractivity contribution in [3.63, 3.8) is 0 Å². The first-order chi connectivity index (χ1) is 13.0. The van der Waals surface area contributed by atoms with Gasteiger partial charge < -0.3 is 15.0 Å². The minimum atomic E-state index is -0.538. The number of hydrogen-bond donors (Lipinski definition) is 1. The largest absolute Gasteiger partial charge is 0.484 e. The van der Waals surface area contributed by atoms with Crippen LogP contribution in [-0.2, 0) is 16.1 Å². The van der Waals surface area contributed by atoms with Crippen molar-refractivity contribution in [1.82, 2.24) is 10.2 Å². The summed E-state index contributed by atoms with van der Waals surface area (Å²) in [5, 5.41) is 2.66. The summed E-state index contributed by atoms with van der Waals surface area (Å²) in [6.45, 7) is 6.16. The third kappa shape index (κ3) is 5.58. The highest BCUT2D eigenvalue weighted by molar-refractivity contribution is 5.88. The highest BCUT2D eigenvalue weighted by atomic mass is 16.5. The standard InChI is InChI=1S/C22H28N2O3/c1-5-20(22(26)23-4)24(14-18-9-7-6-8-17(18)3)21(25)15-27-19-12-10-16(2)11-13-19/h6-13,20H,5,14-15H2,1-4H3,(H,23,26)/t20-/m0/s1. The Kier molecular flexibility index (Phi) is 7.41. The number of carbonyl (C=O) groups is 2. The van der Waals surface area contributed by atoms with E-state index in [0.717, 1.165) is 16.7 Å². The van der Waals surface area contributed by atoms with E-state index in [4.69, 9.17) is 4.74 Å². The van der Waals surface area contributed by atoms with Crippen molar-refractivity contribution in [3.05, 3.63) is 65.2 Å². The van der Waals surface area contributed by atoms with Gasteiger partial charge in [-0.2, -0.15) is 0 Å². The SMILES string of the molecule is CC[C@@H](C(=O)NC)N(Cc1ccccc1C)C(=O)COc1ccc(C)cc1. The van der Waals surface area contributed by atoms with Gasteiger partial charge in [0.2, 0.25) is 5.91 Å². The molecule has 2 aromatic rings. The lowest BCUT2D eigenvalue weighted by atomic mass is 10.1. The lowest BCUT2D eigenvalue weighted by Gasteiger charge is -2.30. The number of hydrogen-bond acceptors (Lipinski definition) is 3. The molecule has 0 heterocycles. The molecule has 0 fully saturated rings. The van der Waals surface area contributed by atoms with Crippen LogP contribution in [0.4, 0.5) is 0 Å². The van der Waals surface area contributed by atoms with E-state index in [9.17, 15) is 9.59 Å². The summed E-state index contributed by atoms with van der Waals surface area (Å²) in [6, 6.07) is 14.9. The molecule has 2 aromatic carbocycles. The Balaban J connectivity index is 2.19. The fourth-order valence-corrected chi connectivity index (χ4v) is 2.92. The normalized spacial score (nSPS) is 11.6. The Labute approximate surface area is 161 Å². The number of likely N-dealkylation sites (N-methyl/N-ethyl adjacent to an activating group) is 1. The number of aryl methyl sites for hydroxylation is 2. The molecule has 5 heteroatoms. The van der Waals surface area contributed by atoms with Crippen LogP contribution < -0.4 is 10.1 Å². The molecular formula is C22H28N2O3. The zero-order valence-corrected chi connectivity index (χ0v) is 16.5. The predicted octanol–water partition coefficient (Wildman–Crippen LogP) is 3.24. The number of amides is 2. The third-order valence-corrected chi connectivity index (χ3v) is 4.62. The second kappa shape index (κ2) is 9.76. The molecule has 0 unspecified atom stereocenters. The molecule has 27 heavy (non-hydrogen) atoms. The molecule has 2 rings (SSSR count). The number of rotatable bonds is 8. The topological polar surface area (TPSA) is 58.6 Å². The summed E-state index contributed by atoms with van der Waals surface area (Å²) in [4.78, 5) is 26.9. The predicted molar refractivity (Wildman–Crippen MR) is 107 cm³/mol. The molecule has 0 bridgehead atoms. The maximum atomic E-state index is 12.9. The molecule has 0 spiro atoms. The average molecular weight is 368 g/mol. The van der Waals surface area contributed by atoms with Crippen molar-refractivity contribution < 1.29 is 14.3 Å². The highest BCUT2D eigenvalue weighted by Gasteiger charge is 2.28. The number of nitrogens with zero attached hydrogens (tertiary/aromatic N) is 1. The van der Waals surface area contributed by atoms with Crippen molar-refractivity contribution in [1.29, 1.82) is 0 Å². The van der Waals surface area contributed by atoms with Gasteiger partial charge in [0.05, 0.1) is 0 Å². The molecule has 5 nitrogen and oxygen atoms in total. The van der Waals surface area contributed by atoms with Crippen LogP contribution in [0.15, 0.2) is 48.5 Å². The number of benzene rings is 2. The van der Waals surface area contributed by atoms with Crippen LogP contribution in [0.1, 0.15) is 30.0 Å². The van der Waals surface area contributed by atoms with Crippen molar-refractivity contribution in [2.45, 2.75) is 39.8 Å². The zero-order chi connectivity index (χ0) is 19.8. The second-order valence-corrected chi connectivity index (χ2v) is 6.59. The van der Waals surface area contributed by atoms with E-state index >= 15 is 0 Å². The Bertz CT molecular complexity index is 771. The molecule has 0 aliphatic carbocycles. The van der Waals surface area contributed by atoms with Crippen molar-refractivity contribution in [2.75, 3.05) is 13.7 Å². The molecule has 1 atom stereocenters. The van der Waals surface area contributed by atoms with Gasteiger partial charge in [0.25, 0.3) is 5.91 Å².